The molecule has 0 bridgehead atoms. The number of hydrogen-bond acceptors (Lipinski definition) is 11. The van der Waals surface area contributed by atoms with Crippen molar-refractivity contribution in [1.29, 1.82) is 0 Å². The zero-order chi connectivity index (χ0) is 32.3. The average molecular weight is 609 g/mol. The lowest BCUT2D eigenvalue weighted by molar-refractivity contribution is -0.151. The number of ether oxygens (including phenoxy) is 4. The molecule has 3 amide bonds. The van der Waals surface area contributed by atoms with E-state index in [2.05, 4.69) is 0 Å². The molecule has 44 heavy (non-hydrogen) atoms. The van der Waals surface area contributed by atoms with E-state index in [0.717, 1.165) is 23.1 Å². The fourth-order valence-corrected chi connectivity index (χ4v) is 3.36. The summed E-state index contributed by atoms with van der Waals surface area (Å²) < 4.78 is 21.0. The van der Waals surface area contributed by atoms with Gasteiger partial charge in [0.2, 0.25) is 12.3 Å². The molecule has 2 aromatic carbocycles. The van der Waals surface area contributed by atoms with Crippen LogP contribution >= 0.6 is 0 Å². The summed E-state index contributed by atoms with van der Waals surface area (Å²) in [5.74, 6) is -1.89. The summed E-state index contributed by atoms with van der Waals surface area (Å²) in [5.41, 5.74) is 0.826. The molecule has 0 fully saturated rings. The summed E-state index contributed by atoms with van der Waals surface area (Å²) >= 11 is 0. The second-order valence-electron chi connectivity index (χ2n) is 8.78. The number of carbonyl (C=O) groups is 7. The maximum Gasteiger partial charge on any atom is 0.326 e. The molecule has 232 valence electrons. The van der Waals surface area contributed by atoms with Crippen molar-refractivity contribution >= 4 is 42.2 Å². The van der Waals surface area contributed by atoms with Gasteiger partial charge in [-0.15, -0.1) is 0 Å². The Bertz CT molecular complexity index is 1370. The van der Waals surface area contributed by atoms with Crippen LogP contribution in [0.4, 0.5) is 0 Å². The van der Waals surface area contributed by atoms with Crippen LogP contribution in [0.1, 0.15) is 22.8 Å². The van der Waals surface area contributed by atoms with Crippen LogP contribution in [0, 0.1) is 0 Å². The maximum absolute atomic E-state index is 12.8. The van der Waals surface area contributed by atoms with Gasteiger partial charge in [-0.25, -0.2) is 0 Å². The third-order valence-electron chi connectivity index (χ3n) is 5.54. The highest BCUT2D eigenvalue weighted by Gasteiger charge is 2.15. The smallest absolute Gasteiger partial charge is 0.326 e. The van der Waals surface area contributed by atoms with Gasteiger partial charge in [-0.1, -0.05) is 6.08 Å². The topological polar surface area (TPSA) is 163 Å². The second kappa shape index (κ2) is 18.8. The van der Waals surface area contributed by atoms with Gasteiger partial charge in [-0.3, -0.25) is 38.5 Å². The number of ketones is 1. The van der Waals surface area contributed by atoms with Gasteiger partial charge in [-0.05, 0) is 67.6 Å². The molecule has 0 saturated carbocycles. The van der Waals surface area contributed by atoms with E-state index in [1.807, 2.05) is 0 Å². The van der Waals surface area contributed by atoms with Crippen LogP contribution in [0.2, 0.25) is 0 Å². The van der Waals surface area contributed by atoms with Crippen LogP contribution < -0.4 is 9.47 Å². The molecule has 0 heterocycles. The van der Waals surface area contributed by atoms with Crippen molar-refractivity contribution in [2.75, 3.05) is 46.6 Å². The minimum Gasteiger partial charge on any atom is -0.490 e. The summed E-state index contributed by atoms with van der Waals surface area (Å²) in [5, 5.41) is 0. The van der Waals surface area contributed by atoms with Crippen LogP contribution in [-0.2, 0) is 38.2 Å². The van der Waals surface area contributed by atoms with E-state index in [1.54, 1.807) is 55.5 Å². The summed E-state index contributed by atoms with van der Waals surface area (Å²) in [6.07, 6.45) is 5.38. The van der Waals surface area contributed by atoms with Crippen molar-refractivity contribution in [3.63, 3.8) is 0 Å². The van der Waals surface area contributed by atoms with Gasteiger partial charge in [0.05, 0.1) is 0 Å². The predicted octanol–water partition coefficient (Wildman–Crippen LogP) is 1.54. The van der Waals surface area contributed by atoms with Gasteiger partial charge in [0.15, 0.2) is 5.78 Å². The van der Waals surface area contributed by atoms with Crippen molar-refractivity contribution in [1.82, 2.24) is 9.80 Å². The summed E-state index contributed by atoms with van der Waals surface area (Å²) in [6, 6.07) is 12.7. The Morgan fingerprint density at radius 2 is 1.18 bits per heavy atom. The number of hydrogen-bond donors (Lipinski definition) is 0. The molecule has 2 aromatic rings. The number of benzene rings is 2. The van der Waals surface area contributed by atoms with Gasteiger partial charge < -0.3 is 23.8 Å². The molecule has 0 aliphatic heterocycles. The maximum atomic E-state index is 12.8. The van der Waals surface area contributed by atoms with Crippen molar-refractivity contribution in [3.05, 3.63) is 84.0 Å². The van der Waals surface area contributed by atoms with Crippen molar-refractivity contribution in [3.8, 4) is 11.5 Å². The first kappa shape index (κ1) is 34.6. The fraction of sp³-hybridized carbons (Fsp3) is 0.258. The first-order chi connectivity index (χ1) is 21.2. The third-order valence-corrected chi connectivity index (χ3v) is 5.54. The number of aldehydes is 1. The molecular weight excluding hydrogens is 576 g/mol. The van der Waals surface area contributed by atoms with E-state index in [-0.39, 0.29) is 45.2 Å². The Kier molecular flexibility index (Phi) is 14.8. The van der Waals surface area contributed by atoms with Crippen LogP contribution in [0.25, 0.3) is 0 Å². The van der Waals surface area contributed by atoms with Crippen molar-refractivity contribution < 1.29 is 52.5 Å². The zero-order valence-corrected chi connectivity index (χ0v) is 24.2. The van der Waals surface area contributed by atoms with Gasteiger partial charge in [-0.2, -0.15) is 0 Å². The number of imide groups is 1. The van der Waals surface area contributed by atoms with Crippen LogP contribution in [-0.4, -0.2) is 98.6 Å². The molecular formula is C31H32N2O11. The SMILES string of the molecule is C/C=C\C(=O)N(C=O)CC(=O)OCCOc1ccc(C(=O)c2ccc(OCCOC(=O)CN(C)C(=O)/C=C\C=O)cc2)cc1. The molecule has 0 aliphatic rings. The number of allylic oxidation sites excluding steroid dienone is 2. The minimum atomic E-state index is -0.765. The minimum absolute atomic E-state index is 0.0143. The number of carbonyl (C=O) groups excluding carboxylic acids is 7. The largest absolute Gasteiger partial charge is 0.490 e. The number of nitrogens with zero attached hydrogens (tertiary/aromatic N) is 2. The highest BCUT2D eigenvalue weighted by molar-refractivity contribution is 6.09. The van der Waals surface area contributed by atoms with Crippen molar-refractivity contribution in [2.24, 2.45) is 0 Å². The van der Waals surface area contributed by atoms with E-state index in [4.69, 9.17) is 18.9 Å². The van der Waals surface area contributed by atoms with E-state index < -0.39 is 30.3 Å². The van der Waals surface area contributed by atoms with E-state index in [0.29, 0.717) is 33.8 Å². The Morgan fingerprint density at radius 1 is 0.682 bits per heavy atom. The summed E-state index contributed by atoms with van der Waals surface area (Å²) in [7, 11) is 1.40. The van der Waals surface area contributed by atoms with Gasteiger partial charge in [0, 0.05) is 24.3 Å². The third kappa shape index (κ3) is 12.1. The fourth-order valence-electron chi connectivity index (χ4n) is 3.36. The lowest BCUT2D eigenvalue weighted by atomic mass is 10.0. The normalized spacial score (nSPS) is 10.6. The Labute approximate surface area is 253 Å². The lowest BCUT2D eigenvalue weighted by Gasteiger charge is -2.14. The quantitative estimate of drug-likeness (QED) is 0.0793. The summed E-state index contributed by atoms with van der Waals surface area (Å²) in [6.45, 7) is 0.702. The Morgan fingerprint density at radius 3 is 1.64 bits per heavy atom. The molecule has 0 radical (unpaired) electrons. The van der Waals surface area contributed by atoms with E-state index in [1.165, 1.54) is 13.1 Å². The van der Waals surface area contributed by atoms with Crippen molar-refractivity contribution in [2.45, 2.75) is 6.92 Å². The van der Waals surface area contributed by atoms with E-state index in [9.17, 15) is 33.6 Å². The predicted molar refractivity (Wildman–Crippen MR) is 155 cm³/mol. The van der Waals surface area contributed by atoms with Gasteiger partial charge >= 0.3 is 11.9 Å². The second-order valence-corrected chi connectivity index (χ2v) is 8.78. The first-order valence-electron chi connectivity index (χ1n) is 13.3. The number of amides is 3. The lowest BCUT2D eigenvalue weighted by Crippen LogP contribution is -2.34. The molecule has 13 nitrogen and oxygen atoms in total. The first-order valence-corrected chi connectivity index (χ1v) is 13.3. The molecule has 0 unspecified atom stereocenters. The molecule has 0 spiro atoms. The van der Waals surface area contributed by atoms with Crippen LogP contribution in [0.15, 0.2) is 72.8 Å². The molecule has 0 N–H and O–H groups in total. The van der Waals surface area contributed by atoms with Gasteiger partial charge in [0.25, 0.3) is 5.91 Å². The molecule has 0 atom stereocenters. The van der Waals surface area contributed by atoms with Crippen LogP contribution in [0.5, 0.6) is 11.5 Å². The molecule has 2 rings (SSSR count). The average Bonchev–Trinajstić information content (AvgIpc) is 3.03. The Balaban J connectivity index is 1.73. The number of rotatable bonds is 18. The molecule has 0 saturated heterocycles. The Hall–Kier alpha value is -5.59. The van der Waals surface area contributed by atoms with Gasteiger partial charge in [0.1, 0.15) is 57.3 Å². The highest BCUT2D eigenvalue weighted by atomic mass is 16.6. The standard InChI is InChI=1S/C31H32N2O11/c1-3-5-28(37)33(22-35)21-30(39)44-19-17-42-26-13-9-24(10-14-26)31(40)23-7-11-25(12-8-23)41-16-18-43-29(38)20-32(2)27(36)6-4-15-34/h3-15,22H,16-21H2,1-2H3/b5-3-,6-4-. The molecule has 0 aliphatic carbocycles. The van der Waals surface area contributed by atoms with Crippen LogP contribution in [0.3, 0.4) is 0 Å². The number of esters is 2. The number of likely N-dealkylation sites (N-methyl/N-ethyl adjacent to an activating group) is 1. The molecule has 13 heteroatoms. The summed E-state index contributed by atoms with van der Waals surface area (Å²) in [4.78, 5) is 82.8. The monoisotopic (exact) mass is 608 g/mol. The zero-order valence-electron chi connectivity index (χ0n) is 24.2. The molecule has 0 aromatic heterocycles. The van der Waals surface area contributed by atoms with E-state index >= 15 is 0 Å². The highest BCUT2D eigenvalue weighted by Crippen LogP contribution is 2.18.